The number of nitrogens with zero attached hydrogens (tertiary/aromatic N) is 9. The van der Waals surface area contributed by atoms with Gasteiger partial charge < -0.3 is 70.7 Å². The second-order valence-corrected chi connectivity index (χ2v) is 31.1. The van der Waals surface area contributed by atoms with E-state index in [1.54, 1.807) is 54.5 Å². The summed E-state index contributed by atoms with van der Waals surface area (Å²) in [6.45, 7) is 33.1. The third-order valence-corrected chi connectivity index (χ3v) is 19.8. The number of carbonyl (C=O) groups is 11. The number of carbonyl (C=O) groups excluding carboxylic acids is 11. The lowest BCUT2D eigenvalue weighted by atomic mass is 9.91. The normalized spacial score (nSPS) is 27.3. The lowest BCUT2D eigenvalue weighted by Gasteiger charge is -2.41. The van der Waals surface area contributed by atoms with Crippen LogP contribution >= 0.6 is 11.8 Å². The summed E-state index contributed by atoms with van der Waals surface area (Å²) < 4.78 is 0. The lowest BCUT2D eigenvalue weighted by Crippen LogP contribution is -2.64. The summed E-state index contributed by atoms with van der Waals surface area (Å²) in [5, 5.41) is 34.9. The van der Waals surface area contributed by atoms with Crippen molar-refractivity contribution in [2.45, 2.75) is 234 Å². The van der Waals surface area contributed by atoms with Gasteiger partial charge in [0.2, 0.25) is 65.0 Å². The van der Waals surface area contributed by atoms with Crippen LogP contribution in [0.3, 0.4) is 0 Å². The van der Waals surface area contributed by atoms with Crippen molar-refractivity contribution >= 4 is 76.7 Å². The molecule has 0 spiro atoms. The SMILES string of the molecule is CC=CC[C@@H](C)[C@@H](O)[C@H]1C(=O)N[C@@H](CC)C(=O)N(C)[C@H](CSCCN2CCN(C)CC2)C(=O)N(C)[C@@H](CC(C)(C)O)C(=O)N[C@@H](C(C)C)C(=O)N(C)[C@@H](CC(C)C)C(=O)N[C@@H](C)C(=O)N[C@H](C)C(=O)N(C)[C@@H](CC(C)C)C(=O)N(C)[C@@H](CC(C)C)C(=O)N(C)[C@@H](C(C)C)C(=O)N1C. The molecule has 2 aliphatic rings. The first kappa shape index (κ1) is 87.2. The molecule has 0 aromatic carbocycles. The topological polar surface area (TPSA) is 306 Å². The van der Waals surface area contributed by atoms with Crippen molar-refractivity contribution in [1.29, 1.82) is 0 Å². The molecule has 2 saturated heterocycles. The zero-order valence-corrected chi connectivity index (χ0v) is 64.4. The fourth-order valence-electron chi connectivity index (χ4n) is 12.4. The Hall–Kier alpha value is -5.90. The average Bonchev–Trinajstić information content (AvgIpc) is 0.808. The van der Waals surface area contributed by atoms with E-state index in [-0.39, 0.29) is 62.0 Å². The maximum Gasteiger partial charge on any atom is 0.246 e. The van der Waals surface area contributed by atoms with E-state index in [4.69, 9.17) is 0 Å². The molecule has 11 amide bonds. The van der Waals surface area contributed by atoms with Crippen molar-refractivity contribution in [1.82, 2.24) is 65.4 Å². The molecule has 0 saturated carbocycles. The third-order valence-electron chi connectivity index (χ3n) is 18.8. The lowest BCUT2D eigenvalue weighted by molar-refractivity contribution is -0.157. The standard InChI is InChI=1S/C70H127N13O13S/c1-26-28-29-46(13)58(84)57-62(88)73-49(27-2)64(90)80(23)54(40-97-35-34-83-32-30-75(18)31-33-83)67(93)79(22)53(39-70(16,17)96)61(87)74-55(44(9)10)68(94)76(19)50(36-41(3)4)60(86)71-47(14)59(85)72-48(15)63(89)77(20)51(37-42(5)6)65(91)78(21)52(38-43(7)8)66(92)81(24)56(45(11)12)69(95)82(57)25/h26,28,41-58,84,96H,27,29-40H2,1-25H3,(H,71,86)(H,72,85)(H,73,88)(H,74,87)/t46-,47+,48-,49+,50+,51+,52+,53+,54-,55+,56+,57+,58-/m1/s1. The Labute approximate surface area is 585 Å². The average molecular weight is 1390 g/mol. The number of hydrogen-bond donors (Lipinski definition) is 6. The summed E-state index contributed by atoms with van der Waals surface area (Å²) >= 11 is 1.42. The Kier molecular flexibility index (Phi) is 35.8. The van der Waals surface area contributed by atoms with Crippen LogP contribution in [0.2, 0.25) is 0 Å². The summed E-state index contributed by atoms with van der Waals surface area (Å²) in [5.41, 5.74) is -1.59. The van der Waals surface area contributed by atoms with E-state index in [1.807, 2.05) is 47.6 Å². The molecule has 2 heterocycles. The largest absolute Gasteiger partial charge is 0.390 e. The van der Waals surface area contributed by atoms with Gasteiger partial charge in [0.1, 0.15) is 66.5 Å². The van der Waals surface area contributed by atoms with Crippen molar-refractivity contribution in [3.05, 3.63) is 12.2 Å². The highest BCUT2D eigenvalue weighted by molar-refractivity contribution is 7.99. The Bertz CT molecular complexity index is 2670. The van der Waals surface area contributed by atoms with Gasteiger partial charge in [0.05, 0.1) is 11.7 Å². The van der Waals surface area contributed by atoms with Crippen LogP contribution in [0.25, 0.3) is 0 Å². The van der Waals surface area contributed by atoms with Crippen LogP contribution in [0.1, 0.15) is 156 Å². The van der Waals surface area contributed by atoms with E-state index in [9.17, 15) is 29.4 Å². The monoisotopic (exact) mass is 1390 g/mol. The Morgan fingerprint density at radius 3 is 1.43 bits per heavy atom. The molecule has 97 heavy (non-hydrogen) atoms. The number of thioether (sulfide) groups is 1. The molecule has 0 bridgehead atoms. The fourth-order valence-corrected chi connectivity index (χ4v) is 13.6. The van der Waals surface area contributed by atoms with Crippen molar-refractivity contribution in [2.24, 2.45) is 35.5 Å². The van der Waals surface area contributed by atoms with Gasteiger partial charge in [-0.1, -0.05) is 95.2 Å². The van der Waals surface area contributed by atoms with Gasteiger partial charge in [-0.25, -0.2) is 0 Å². The van der Waals surface area contributed by atoms with Gasteiger partial charge in [-0.3, -0.25) is 57.6 Å². The van der Waals surface area contributed by atoms with E-state index in [0.29, 0.717) is 12.3 Å². The second-order valence-electron chi connectivity index (χ2n) is 29.9. The van der Waals surface area contributed by atoms with Gasteiger partial charge in [-0.2, -0.15) is 11.8 Å². The maximum atomic E-state index is 15.5. The van der Waals surface area contributed by atoms with E-state index >= 15 is 33.6 Å². The minimum Gasteiger partial charge on any atom is -0.390 e. The van der Waals surface area contributed by atoms with Crippen LogP contribution in [0, 0.1) is 35.5 Å². The first-order valence-corrected chi connectivity index (χ1v) is 36.1. The Morgan fingerprint density at radius 1 is 0.505 bits per heavy atom. The van der Waals surface area contributed by atoms with E-state index in [1.165, 1.54) is 113 Å². The molecule has 0 aromatic rings. The molecule has 27 heteroatoms. The van der Waals surface area contributed by atoms with Crippen LogP contribution in [0.5, 0.6) is 0 Å². The zero-order chi connectivity index (χ0) is 74.6. The molecular weight excluding hydrogens is 1260 g/mol. The predicted octanol–water partition coefficient (Wildman–Crippen LogP) is 2.73. The van der Waals surface area contributed by atoms with E-state index < -0.39 is 161 Å². The first-order chi connectivity index (χ1) is 44.9. The summed E-state index contributed by atoms with van der Waals surface area (Å²) in [4.78, 5) is 178. The molecule has 0 aromatic heterocycles. The molecule has 2 rings (SSSR count). The summed E-state index contributed by atoms with van der Waals surface area (Å²) in [7, 11) is 12.0. The number of likely N-dealkylation sites (N-methyl/N-ethyl adjacent to an activating group) is 8. The minimum absolute atomic E-state index is 0.0241. The number of hydrogen-bond acceptors (Lipinski definition) is 16. The number of amides is 11. The van der Waals surface area contributed by atoms with E-state index in [0.717, 1.165) is 36.0 Å². The molecule has 556 valence electrons. The maximum absolute atomic E-state index is 15.5. The molecule has 26 nitrogen and oxygen atoms in total. The van der Waals surface area contributed by atoms with Crippen molar-refractivity contribution in [2.75, 3.05) is 101 Å². The summed E-state index contributed by atoms with van der Waals surface area (Å²) in [5.74, 6) is -9.65. The van der Waals surface area contributed by atoms with Gasteiger partial charge in [0, 0.05) is 100.0 Å². The van der Waals surface area contributed by atoms with Crippen LogP contribution in [-0.4, -0.2) is 298 Å². The summed E-state index contributed by atoms with van der Waals surface area (Å²) in [6, 6.07) is -14.4. The zero-order valence-electron chi connectivity index (χ0n) is 63.6. The van der Waals surface area contributed by atoms with Crippen LogP contribution < -0.4 is 21.3 Å². The fraction of sp³-hybridized carbons (Fsp3) is 0.814. The van der Waals surface area contributed by atoms with E-state index in [2.05, 4.69) is 38.1 Å². The van der Waals surface area contributed by atoms with Gasteiger partial charge in [-0.15, -0.1) is 0 Å². The van der Waals surface area contributed by atoms with Gasteiger partial charge in [0.15, 0.2) is 0 Å². The molecule has 13 atom stereocenters. The van der Waals surface area contributed by atoms with Crippen molar-refractivity contribution in [3.8, 4) is 0 Å². The highest BCUT2D eigenvalue weighted by Gasteiger charge is 2.47. The molecular formula is C70H127N13O13S. The predicted molar refractivity (Wildman–Crippen MR) is 380 cm³/mol. The number of rotatable bonds is 20. The number of allylic oxidation sites excluding steroid dienone is 2. The molecule has 0 aliphatic carbocycles. The highest BCUT2D eigenvalue weighted by atomic mass is 32.2. The van der Waals surface area contributed by atoms with Crippen LogP contribution in [0.15, 0.2) is 12.2 Å². The molecule has 0 radical (unpaired) electrons. The number of piperazine rings is 1. The molecule has 6 N–H and O–H groups in total. The molecule has 2 fully saturated rings. The highest BCUT2D eigenvalue weighted by Crippen LogP contribution is 2.27. The Morgan fingerprint density at radius 2 is 0.948 bits per heavy atom. The quantitative estimate of drug-likeness (QED) is 0.0754. The van der Waals surface area contributed by atoms with Gasteiger partial charge in [0.25, 0.3) is 0 Å². The first-order valence-electron chi connectivity index (χ1n) is 35.0. The van der Waals surface area contributed by atoms with Crippen molar-refractivity contribution in [3.63, 3.8) is 0 Å². The molecule has 0 unspecified atom stereocenters. The Balaban J connectivity index is 3.12. The molecule has 2 aliphatic heterocycles. The smallest absolute Gasteiger partial charge is 0.246 e. The van der Waals surface area contributed by atoms with Gasteiger partial charge in [-0.05, 0) is 109 Å². The van der Waals surface area contributed by atoms with Crippen LogP contribution in [-0.2, 0) is 52.7 Å². The van der Waals surface area contributed by atoms with Gasteiger partial charge >= 0.3 is 0 Å². The van der Waals surface area contributed by atoms with Crippen molar-refractivity contribution < 1.29 is 63.0 Å². The minimum atomic E-state index is -1.66. The second kappa shape index (κ2) is 39.8. The number of aliphatic hydroxyl groups is 2. The number of aliphatic hydroxyl groups excluding tert-OH is 1. The van der Waals surface area contributed by atoms with Crippen LogP contribution in [0.4, 0.5) is 0 Å². The number of nitrogens with one attached hydrogen (secondary N) is 4. The third kappa shape index (κ3) is 25.3. The summed E-state index contributed by atoms with van der Waals surface area (Å²) in [6.07, 6.45) is 2.38.